The van der Waals surface area contributed by atoms with E-state index in [1.807, 2.05) is 0 Å². The summed E-state index contributed by atoms with van der Waals surface area (Å²) in [5.74, 6) is -1.31. The average Bonchev–Trinajstić information content (AvgIpc) is 2.46. The lowest BCUT2D eigenvalue weighted by atomic mass is 10.0. The van der Waals surface area contributed by atoms with Gasteiger partial charge in [-0.05, 0) is 38.3 Å². The van der Waals surface area contributed by atoms with Crippen LogP contribution < -0.4 is 0 Å². The fraction of sp³-hybridized carbons (Fsp3) is 0.400. The first kappa shape index (κ1) is 14.2. The molecule has 1 aromatic carbocycles. The largest absolute Gasteiger partial charge is 0.480 e. The lowest BCUT2D eigenvalue weighted by molar-refractivity contribution is -0.143. The van der Waals surface area contributed by atoms with E-state index in [4.69, 9.17) is 0 Å². The SMILES string of the molecule is CC(=O)c1ccc(C(=O)N2CCCC[C@@H]2C(=O)O)cc1. The van der Waals surface area contributed by atoms with Crippen molar-refractivity contribution in [3.05, 3.63) is 35.4 Å². The maximum absolute atomic E-state index is 12.4. The number of rotatable bonds is 3. The number of carboxylic acids is 1. The number of hydrogen-bond acceptors (Lipinski definition) is 3. The van der Waals surface area contributed by atoms with Crippen molar-refractivity contribution in [3.8, 4) is 0 Å². The van der Waals surface area contributed by atoms with E-state index in [0.29, 0.717) is 24.1 Å². The lowest BCUT2D eigenvalue weighted by Crippen LogP contribution is -2.47. The Bertz CT molecular complexity index is 535. The van der Waals surface area contributed by atoms with Crippen LogP contribution in [0.3, 0.4) is 0 Å². The van der Waals surface area contributed by atoms with Gasteiger partial charge in [0.15, 0.2) is 5.78 Å². The van der Waals surface area contributed by atoms with E-state index in [9.17, 15) is 19.5 Å². The highest BCUT2D eigenvalue weighted by Gasteiger charge is 2.32. The maximum Gasteiger partial charge on any atom is 0.326 e. The van der Waals surface area contributed by atoms with Crippen molar-refractivity contribution in [2.75, 3.05) is 6.54 Å². The third-order valence-electron chi connectivity index (χ3n) is 3.59. The second-order valence-corrected chi connectivity index (χ2v) is 4.98. The van der Waals surface area contributed by atoms with E-state index in [1.165, 1.54) is 11.8 Å². The van der Waals surface area contributed by atoms with Gasteiger partial charge in [0.1, 0.15) is 6.04 Å². The highest BCUT2D eigenvalue weighted by Crippen LogP contribution is 2.20. The van der Waals surface area contributed by atoms with Crippen molar-refractivity contribution in [2.45, 2.75) is 32.2 Å². The summed E-state index contributed by atoms with van der Waals surface area (Å²) in [7, 11) is 0. The van der Waals surface area contributed by atoms with Crippen LogP contribution in [-0.2, 0) is 4.79 Å². The van der Waals surface area contributed by atoms with Crippen molar-refractivity contribution in [1.29, 1.82) is 0 Å². The third kappa shape index (κ3) is 2.87. The van der Waals surface area contributed by atoms with Crippen molar-refractivity contribution < 1.29 is 19.5 Å². The van der Waals surface area contributed by atoms with E-state index in [-0.39, 0.29) is 11.7 Å². The van der Waals surface area contributed by atoms with Crippen LogP contribution in [0.5, 0.6) is 0 Å². The zero-order valence-corrected chi connectivity index (χ0v) is 11.3. The molecule has 1 aliphatic rings. The number of hydrogen-bond donors (Lipinski definition) is 1. The molecule has 1 fully saturated rings. The van der Waals surface area contributed by atoms with Gasteiger partial charge >= 0.3 is 5.97 Å². The Morgan fingerprint density at radius 2 is 1.70 bits per heavy atom. The molecule has 0 aromatic heterocycles. The number of amides is 1. The molecule has 20 heavy (non-hydrogen) atoms. The monoisotopic (exact) mass is 275 g/mol. The predicted molar refractivity (Wildman–Crippen MR) is 72.8 cm³/mol. The molecule has 0 saturated carbocycles. The van der Waals surface area contributed by atoms with Crippen molar-refractivity contribution in [1.82, 2.24) is 4.90 Å². The number of carbonyl (C=O) groups is 3. The van der Waals surface area contributed by atoms with Gasteiger partial charge < -0.3 is 10.0 Å². The topological polar surface area (TPSA) is 74.7 Å². The van der Waals surface area contributed by atoms with Gasteiger partial charge in [0, 0.05) is 17.7 Å². The number of carboxylic acid groups (broad SMARTS) is 1. The van der Waals surface area contributed by atoms with Gasteiger partial charge in [-0.15, -0.1) is 0 Å². The molecule has 1 aliphatic heterocycles. The Morgan fingerprint density at radius 1 is 1.10 bits per heavy atom. The third-order valence-corrected chi connectivity index (χ3v) is 3.59. The van der Waals surface area contributed by atoms with E-state index in [2.05, 4.69) is 0 Å². The number of likely N-dealkylation sites (tertiary alicyclic amines) is 1. The minimum atomic E-state index is -0.960. The molecule has 5 heteroatoms. The summed E-state index contributed by atoms with van der Waals surface area (Å²) < 4.78 is 0. The van der Waals surface area contributed by atoms with Crippen LogP contribution in [0.25, 0.3) is 0 Å². The summed E-state index contributed by atoms with van der Waals surface area (Å²) in [4.78, 5) is 36.2. The van der Waals surface area contributed by atoms with Gasteiger partial charge in [-0.3, -0.25) is 9.59 Å². The first-order valence-corrected chi connectivity index (χ1v) is 6.65. The number of aliphatic carboxylic acids is 1. The summed E-state index contributed by atoms with van der Waals surface area (Å²) in [5, 5.41) is 9.18. The van der Waals surface area contributed by atoms with Crippen LogP contribution in [0.1, 0.15) is 46.9 Å². The molecule has 0 unspecified atom stereocenters. The summed E-state index contributed by atoms with van der Waals surface area (Å²) in [6, 6.07) is 5.59. The predicted octanol–water partition coefficient (Wildman–Crippen LogP) is 1.97. The fourth-order valence-corrected chi connectivity index (χ4v) is 2.44. The summed E-state index contributed by atoms with van der Waals surface area (Å²) >= 11 is 0. The van der Waals surface area contributed by atoms with Gasteiger partial charge in [0.05, 0.1) is 0 Å². The lowest BCUT2D eigenvalue weighted by Gasteiger charge is -2.33. The van der Waals surface area contributed by atoms with Crippen molar-refractivity contribution in [2.24, 2.45) is 0 Å². The van der Waals surface area contributed by atoms with Gasteiger partial charge in [0.25, 0.3) is 5.91 Å². The van der Waals surface area contributed by atoms with Gasteiger partial charge in [-0.2, -0.15) is 0 Å². The Morgan fingerprint density at radius 3 is 2.25 bits per heavy atom. The minimum Gasteiger partial charge on any atom is -0.480 e. The van der Waals surface area contributed by atoms with Gasteiger partial charge in [0.2, 0.25) is 0 Å². The van der Waals surface area contributed by atoms with Crippen molar-refractivity contribution in [3.63, 3.8) is 0 Å². The van der Waals surface area contributed by atoms with Crippen LogP contribution >= 0.6 is 0 Å². The number of nitrogens with zero attached hydrogens (tertiary/aromatic N) is 1. The number of piperidine rings is 1. The van der Waals surface area contributed by atoms with Crippen molar-refractivity contribution >= 4 is 17.7 Å². The van der Waals surface area contributed by atoms with Crippen LogP contribution in [-0.4, -0.2) is 40.3 Å². The quantitative estimate of drug-likeness (QED) is 0.856. The number of ketones is 1. The highest BCUT2D eigenvalue weighted by atomic mass is 16.4. The second-order valence-electron chi connectivity index (χ2n) is 4.98. The molecule has 1 atom stereocenters. The molecular weight excluding hydrogens is 258 g/mol. The van der Waals surface area contributed by atoms with Crippen LogP contribution in [0.15, 0.2) is 24.3 Å². The van der Waals surface area contributed by atoms with Crippen LogP contribution in [0.2, 0.25) is 0 Å². The maximum atomic E-state index is 12.4. The van der Waals surface area contributed by atoms with E-state index < -0.39 is 12.0 Å². The highest BCUT2D eigenvalue weighted by molar-refractivity contribution is 5.99. The summed E-state index contributed by atoms with van der Waals surface area (Å²) in [6.07, 6.45) is 2.14. The Kier molecular flexibility index (Phi) is 4.17. The molecule has 1 N–H and O–H groups in total. The minimum absolute atomic E-state index is 0.0645. The molecule has 1 saturated heterocycles. The van der Waals surface area contributed by atoms with Gasteiger partial charge in [-0.1, -0.05) is 12.1 Å². The average molecular weight is 275 g/mol. The van der Waals surface area contributed by atoms with E-state index >= 15 is 0 Å². The number of benzene rings is 1. The molecule has 106 valence electrons. The molecule has 0 spiro atoms. The molecule has 1 amide bonds. The van der Waals surface area contributed by atoms with E-state index in [0.717, 1.165) is 12.8 Å². The smallest absolute Gasteiger partial charge is 0.326 e. The summed E-state index contributed by atoms with van der Waals surface area (Å²) in [5.41, 5.74) is 0.957. The fourth-order valence-electron chi connectivity index (χ4n) is 2.44. The normalized spacial score (nSPS) is 18.6. The summed E-state index contributed by atoms with van der Waals surface area (Å²) in [6.45, 7) is 1.92. The van der Waals surface area contributed by atoms with E-state index in [1.54, 1.807) is 24.3 Å². The number of carbonyl (C=O) groups excluding carboxylic acids is 2. The standard InChI is InChI=1S/C15H17NO4/c1-10(17)11-5-7-12(8-6-11)14(18)16-9-3-2-4-13(16)15(19)20/h5-8,13H,2-4,9H2,1H3,(H,19,20)/t13-/m1/s1. The Labute approximate surface area is 117 Å². The molecule has 1 heterocycles. The first-order chi connectivity index (χ1) is 9.50. The van der Waals surface area contributed by atoms with Crippen LogP contribution in [0, 0.1) is 0 Å². The molecule has 2 rings (SSSR count). The second kappa shape index (κ2) is 5.86. The Hall–Kier alpha value is -2.17. The molecule has 0 bridgehead atoms. The zero-order chi connectivity index (χ0) is 14.7. The zero-order valence-electron chi connectivity index (χ0n) is 11.3. The molecule has 0 aliphatic carbocycles. The molecule has 0 radical (unpaired) electrons. The Balaban J connectivity index is 2.20. The molecule has 1 aromatic rings. The number of Topliss-reactive ketones (excluding diaryl/α,β-unsaturated/α-hetero) is 1. The first-order valence-electron chi connectivity index (χ1n) is 6.65. The van der Waals surface area contributed by atoms with Gasteiger partial charge in [-0.25, -0.2) is 4.79 Å². The van der Waals surface area contributed by atoms with Crippen LogP contribution in [0.4, 0.5) is 0 Å². The molecular formula is C15H17NO4. The molecule has 5 nitrogen and oxygen atoms in total.